The number of Topliss-reactive ketones (excluding diaryl/α,β-unsaturated/α-hetero) is 1. The van der Waals surface area contributed by atoms with Crippen LogP contribution in [0.1, 0.15) is 40.7 Å². The van der Waals surface area contributed by atoms with E-state index in [2.05, 4.69) is 10.1 Å². The SMILES string of the molecule is CC(C)=CC(C(=O)C(C)(C)C)n1cncn1. The Morgan fingerprint density at radius 2 is 2.00 bits per heavy atom. The fourth-order valence-electron chi connectivity index (χ4n) is 1.39. The monoisotopic (exact) mass is 221 g/mol. The van der Waals surface area contributed by atoms with Crippen LogP contribution in [0.3, 0.4) is 0 Å². The van der Waals surface area contributed by atoms with Gasteiger partial charge in [-0.15, -0.1) is 0 Å². The third kappa shape index (κ3) is 3.02. The molecule has 0 fully saturated rings. The lowest BCUT2D eigenvalue weighted by atomic mass is 9.86. The van der Waals surface area contributed by atoms with Crippen molar-refractivity contribution >= 4 is 5.78 Å². The van der Waals surface area contributed by atoms with Crippen LogP contribution in [0.15, 0.2) is 24.3 Å². The summed E-state index contributed by atoms with van der Waals surface area (Å²) in [6.07, 6.45) is 4.94. The standard InChI is InChI=1S/C12H19N3O/c1-9(2)6-10(11(16)12(3,4)5)15-8-13-7-14-15/h6-8,10H,1-5H3. The van der Waals surface area contributed by atoms with Crippen LogP contribution < -0.4 is 0 Å². The van der Waals surface area contributed by atoms with Crippen LogP contribution in [0.2, 0.25) is 0 Å². The summed E-state index contributed by atoms with van der Waals surface area (Å²) in [6, 6.07) is -0.354. The molecule has 0 aliphatic heterocycles. The van der Waals surface area contributed by atoms with Crippen molar-refractivity contribution in [1.29, 1.82) is 0 Å². The minimum absolute atomic E-state index is 0.138. The van der Waals surface area contributed by atoms with Crippen LogP contribution >= 0.6 is 0 Å². The molecule has 1 unspecified atom stereocenters. The van der Waals surface area contributed by atoms with Crippen molar-refractivity contribution in [2.75, 3.05) is 0 Å². The molecule has 0 amide bonds. The molecule has 0 saturated heterocycles. The molecule has 0 radical (unpaired) electrons. The van der Waals surface area contributed by atoms with E-state index in [4.69, 9.17) is 0 Å². The van der Waals surface area contributed by atoms with E-state index in [1.807, 2.05) is 40.7 Å². The van der Waals surface area contributed by atoms with Gasteiger partial charge in [-0.2, -0.15) is 5.10 Å². The Bertz CT molecular complexity index is 381. The van der Waals surface area contributed by atoms with Crippen molar-refractivity contribution in [3.05, 3.63) is 24.3 Å². The molecule has 1 aromatic heterocycles. The lowest BCUT2D eigenvalue weighted by molar-refractivity contribution is -0.128. The first-order valence-electron chi connectivity index (χ1n) is 5.36. The quantitative estimate of drug-likeness (QED) is 0.736. The first-order valence-corrected chi connectivity index (χ1v) is 5.36. The number of nitrogens with zero attached hydrogens (tertiary/aromatic N) is 3. The predicted molar refractivity (Wildman–Crippen MR) is 63.0 cm³/mol. The van der Waals surface area contributed by atoms with Gasteiger partial charge < -0.3 is 0 Å². The third-order valence-corrected chi connectivity index (χ3v) is 2.22. The number of carbonyl (C=O) groups is 1. The highest BCUT2D eigenvalue weighted by molar-refractivity contribution is 5.88. The molecule has 1 aromatic rings. The Morgan fingerprint density at radius 1 is 1.38 bits per heavy atom. The fourth-order valence-corrected chi connectivity index (χ4v) is 1.39. The zero-order valence-electron chi connectivity index (χ0n) is 10.6. The number of ketones is 1. The summed E-state index contributed by atoms with van der Waals surface area (Å²) in [5.74, 6) is 0.138. The van der Waals surface area contributed by atoms with E-state index < -0.39 is 0 Å². The first kappa shape index (κ1) is 12.6. The molecule has 1 atom stereocenters. The molecule has 4 nitrogen and oxygen atoms in total. The van der Waals surface area contributed by atoms with Gasteiger partial charge >= 0.3 is 0 Å². The minimum atomic E-state index is -0.386. The van der Waals surface area contributed by atoms with Gasteiger partial charge in [-0.3, -0.25) is 4.79 Å². The third-order valence-electron chi connectivity index (χ3n) is 2.22. The lowest BCUT2D eigenvalue weighted by Gasteiger charge is -2.22. The van der Waals surface area contributed by atoms with E-state index in [-0.39, 0.29) is 17.2 Å². The number of hydrogen-bond acceptors (Lipinski definition) is 3. The second-order valence-electron chi connectivity index (χ2n) is 5.18. The molecule has 1 heterocycles. The molecule has 0 bridgehead atoms. The zero-order valence-corrected chi connectivity index (χ0v) is 10.6. The molecule has 1 rings (SSSR count). The lowest BCUT2D eigenvalue weighted by Crippen LogP contribution is -2.30. The molecule has 16 heavy (non-hydrogen) atoms. The zero-order chi connectivity index (χ0) is 12.3. The Hall–Kier alpha value is -1.45. The van der Waals surface area contributed by atoms with Crippen molar-refractivity contribution in [2.24, 2.45) is 5.41 Å². The fraction of sp³-hybridized carbons (Fsp3) is 0.583. The summed E-state index contributed by atoms with van der Waals surface area (Å²) < 4.78 is 1.60. The summed E-state index contributed by atoms with van der Waals surface area (Å²) in [6.45, 7) is 9.69. The van der Waals surface area contributed by atoms with Crippen molar-refractivity contribution in [3.8, 4) is 0 Å². The number of aromatic nitrogens is 3. The van der Waals surface area contributed by atoms with Gasteiger partial charge in [-0.05, 0) is 13.8 Å². The summed E-state index contributed by atoms with van der Waals surface area (Å²) in [5.41, 5.74) is 0.709. The maximum atomic E-state index is 12.3. The van der Waals surface area contributed by atoms with Gasteiger partial charge in [0.05, 0.1) is 0 Å². The maximum absolute atomic E-state index is 12.3. The second-order valence-corrected chi connectivity index (χ2v) is 5.18. The molecule has 0 saturated carbocycles. The first-order chi connectivity index (χ1) is 7.32. The van der Waals surface area contributed by atoms with Gasteiger partial charge in [0.15, 0.2) is 5.78 Å². The highest BCUT2D eigenvalue weighted by Gasteiger charge is 2.29. The van der Waals surface area contributed by atoms with Gasteiger partial charge in [0.1, 0.15) is 18.7 Å². The molecule has 0 spiro atoms. The smallest absolute Gasteiger partial charge is 0.166 e. The van der Waals surface area contributed by atoms with Crippen molar-refractivity contribution in [3.63, 3.8) is 0 Å². The van der Waals surface area contributed by atoms with E-state index in [1.54, 1.807) is 11.0 Å². The van der Waals surface area contributed by atoms with E-state index in [0.29, 0.717) is 0 Å². The largest absolute Gasteiger partial charge is 0.296 e. The predicted octanol–water partition coefficient (Wildman–Crippen LogP) is 2.40. The molecular weight excluding hydrogens is 202 g/mol. The molecule has 0 aromatic carbocycles. The maximum Gasteiger partial charge on any atom is 0.166 e. The Morgan fingerprint density at radius 3 is 2.38 bits per heavy atom. The van der Waals surface area contributed by atoms with Crippen molar-refractivity contribution in [2.45, 2.75) is 40.7 Å². The van der Waals surface area contributed by atoms with Gasteiger partial charge in [0.2, 0.25) is 0 Å². The average molecular weight is 221 g/mol. The summed E-state index contributed by atoms with van der Waals surface area (Å²) in [7, 11) is 0. The summed E-state index contributed by atoms with van der Waals surface area (Å²) >= 11 is 0. The Balaban J connectivity index is 3.08. The topological polar surface area (TPSA) is 47.8 Å². The van der Waals surface area contributed by atoms with E-state index in [0.717, 1.165) is 5.57 Å². The average Bonchev–Trinajstić information content (AvgIpc) is 2.63. The highest BCUT2D eigenvalue weighted by atomic mass is 16.1. The van der Waals surface area contributed by atoms with Crippen LogP contribution in [0, 0.1) is 5.41 Å². The van der Waals surface area contributed by atoms with E-state index >= 15 is 0 Å². The van der Waals surface area contributed by atoms with Crippen molar-refractivity contribution in [1.82, 2.24) is 14.8 Å². The van der Waals surface area contributed by atoms with Gasteiger partial charge in [-0.1, -0.05) is 32.4 Å². The van der Waals surface area contributed by atoms with Crippen LogP contribution in [-0.2, 0) is 4.79 Å². The van der Waals surface area contributed by atoms with Crippen LogP contribution in [0.25, 0.3) is 0 Å². The van der Waals surface area contributed by atoms with E-state index in [9.17, 15) is 4.79 Å². The Kier molecular flexibility index (Phi) is 3.62. The van der Waals surface area contributed by atoms with Gasteiger partial charge in [-0.25, -0.2) is 9.67 Å². The van der Waals surface area contributed by atoms with Crippen LogP contribution in [-0.4, -0.2) is 20.5 Å². The normalized spacial score (nSPS) is 13.3. The molecule has 88 valence electrons. The molecular formula is C12H19N3O. The number of hydrogen-bond donors (Lipinski definition) is 0. The highest BCUT2D eigenvalue weighted by Crippen LogP contribution is 2.24. The molecule has 4 heteroatoms. The van der Waals surface area contributed by atoms with Crippen LogP contribution in [0.4, 0.5) is 0 Å². The van der Waals surface area contributed by atoms with Gasteiger partial charge in [0.25, 0.3) is 0 Å². The van der Waals surface area contributed by atoms with Gasteiger partial charge in [0, 0.05) is 5.41 Å². The number of rotatable bonds is 3. The molecule has 0 aliphatic rings. The van der Waals surface area contributed by atoms with Crippen LogP contribution in [0.5, 0.6) is 0 Å². The summed E-state index contributed by atoms with van der Waals surface area (Å²) in [4.78, 5) is 16.2. The molecule has 0 N–H and O–H groups in total. The minimum Gasteiger partial charge on any atom is -0.296 e. The second kappa shape index (κ2) is 4.60. The van der Waals surface area contributed by atoms with Crippen molar-refractivity contribution < 1.29 is 4.79 Å². The number of carbonyl (C=O) groups excluding carboxylic acids is 1. The summed E-state index contributed by atoms with van der Waals surface area (Å²) in [5, 5.41) is 4.04. The Labute approximate surface area is 96.4 Å². The number of allylic oxidation sites excluding steroid dienone is 2. The molecule has 0 aliphatic carbocycles. The van der Waals surface area contributed by atoms with E-state index in [1.165, 1.54) is 6.33 Å².